The fraction of sp³-hybridized carbons (Fsp3) is 0.333. The Morgan fingerprint density at radius 2 is 1.42 bits per heavy atom. The zero-order valence-corrected chi connectivity index (χ0v) is 19.1. The van der Waals surface area contributed by atoms with Crippen molar-refractivity contribution in [1.29, 1.82) is 0 Å². The zero-order chi connectivity index (χ0) is 21.2. The smallest absolute Gasteiger partial charge is 0.0595 e. The monoisotopic (exact) mass is 450 g/mol. The Bertz CT molecular complexity index is 961. The third kappa shape index (κ3) is 4.40. The average molecular weight is 451 g/mol. The zero-order valence-electron chi connectivity index (χ0n) is 17.6. The van der Waals surface area contributed by atoms with E-state index in [4.69, 9.17) is 23.2 Å². The minimum Gasteiger partial charge on any atom is -0.308 e. The molecule has 0 aromatic heterocycles. The van der Waals surface area contributed by atoms with Crippen molar-refractivity contribution in [3.8, 4) is 0 Å². The summed E-state index contributed by atoms with van der Waals surface area (Å²) >= 11 is 12.4. The largest absolute Gasteiger partial charge is 0.308 e. The Morgan fingerprint density at radius 3 is 2.00 bits per heavy atom. The summed E-state index contributed by atoms with van der Waals surface area (Å²) in [6.07, 6.45) is 2.54. The Kier molecular flexibility index (Phi) is 6.34. The Balaban J connectivity index is 1.48. The van der Waals surface area contributed by atoms with Gasteiger partial charge in [-0.15, -0.1) is 0 Å². The van der Waals surface area contributed by atoms with E-state index in [0.29, 0.717) is 34.0 Å². The molecule has 3 aliphatic heterocycles. The van der Waals surface area contributed by atoms with Gasteiger partial charge in [-0.3, -0.25) is 4.90 Å². The van der Waals surface area contributed by atoms with Gasteiger partial charge < -0.3 is 5.32 Å². The summed E-state index contributed by atoms with van der Waals surface area (Å²) in [5.41, 5.74) is 3.97. The van der Waals surface area contributed by atoms with E-state index in [0.717, 1.165) is 6.54 Å². The van der Waals surface area contributed by atoms with Crippen LogP contribution in [0.1, 0.15) is 35.4 Å². The molecule has 2 nitrogen and oxygen atoms in total. The molecule has 3 aromatic carbocycles. The van der Waals surface area contributed by atoms with Crippen LogP contribution in [0.4, 0.5) is 0 Å². The molecule has 4 heteroatoms. The van der Waals surface area contributed by atoms with Crippen LogP contribution in [-0.4, -0.2) is 30.1 Å². The standard InChI is InChI=1S/C27H28Cl2N2/c28-23-12-11-19(17-24(23)29)18-30-26-22-13-15-31(16-14-22)27(26)25(20-7-3-1-4-8-20)21-9-5-2-6-10-21/h1-12,17,22,25-27,30H,13-16,18H2. The van der Waals surface area contributed by atoms with Crippen molar-refractivity contribution in [3.05, 3.63) is 106 Å². The molecule has 3 fully saturated rings. The van der Waals surface area contributed by atoms with E-state index in [-0.39, 0.29) is 0 Å². The summed E-state index contributed by atoms with van der Waals surface area (Å²) in [6, 6.07) is 28.9. The number of rotatable bonds is 6. The molecular weight excluding hydrogens is 423 g/mol. The van der Waals surface area contributed by atoms with E-state index in [2.05, 4.69) is 76.9 Å². The molecule has 31 heavy (non-hydrogen) atoms. The maximum Gasteiger partial charge on any atom is 0.0595 e. The average Bonchev–Trinajstić information content (AvgIpc) is 2.83. The van der Waals surface area contributed by atoms with Gasteiger partial charge in [0.1, 0.15) is 0 Å². The molecule has 0 aliphatic carbocycles. The molecule has 0 saturated carbocycles. The lowest BCUT2D eigenvalue weighted by molar-refractivity contribution is 0.00468. The number of nitrogens with one attached hydrogen (secondary N) is 1. The van der Waals surface area contributed by atoms with Crippen molar-refractivity contribution in [2.24, 2.45) is 5.92 Å². The second-order valence-corrected chi connectivity index (χ2v) is 9.63. The van der Waals surface area contributed by atoms with Crippen LogP contribution in [0.2, 0.25) is 10.0 Å². The highest BCUT2D eigenvalue weighted by Crippen LogP contribution is 2.42. The molecule has 3 aromatic rings. The first-order chi connectivity index (χ1) is 15.2. The van der Waals surface area contributed by atoms with Crippen LogP contribution in [0, 0.1) is 5.92 Å². The molecule has 3 aliphatic rings. The molecule has 0 radical (unpaired) electrons. The Morgan fingerprint density at radius 1 is 0.806 bits per heavy atom. The number of hydrogen-bond acceptors (Lipinski definition) is 2. The molecule has 3 saturated heterocycles. The van der Waals surface area contributed by atoms with Gasteiger partial charge >= 0.3 is 0 Å². The quantitative estimate of drug-likeness (QED) is 0.468. The summed E-state index contributed by atoms with van der Waals surface area (Å²) in [5, 5.41) is 5.18. The second-order valence-electron chi connectivity index (χ2n) is 8.82. The lowest BCUT2D eigenvalue weighted by Gasteiger charge is -2.54. The van der Waals surface area contributed by atoms with E-state index in [1.807, 2.05) is 12.1 Å². The fourth-order valence-electron chi connectivity index (χ4n) is 5.58. The number of fused-ring (bicyclic) bond motifs is 3. The molecule has 160 valence electrons. The lowest BCUT2D eigenvalue weighted by Crippen LogP contribution is -2.64. The minimum absolute atomic E-state index is 0.344. The van der Waals surface area contributed by atoms with Crippen molar-refractivity contribution >= 4 is 23.2 Å². The maximum absolute atomic E-state index is 6.27. The number of halogens is 2. The molecule has 0 spiro atoms. The molecule has 6 rings (SSSR count). The normalized spacial score (nSPS) is 25.1. The maximum atomic E-state index is 6.27. The highest BCUT2D eigenvalue weighted by atomic mass is 35.5. The van der Waals surface area contributed by atoms with Crippen molar-refractivity contribution in [2.75, 3.05) is 13.1 Å². The predicted molar refractivity (Wildman–Crippen MR) is 130 cm³/mol. The number of piperidine rings is 3. The van der Waals surface area contributed by atoms with Gasteiger partial charge in [-0.05, 0) is 60.7 Å². The van der Waals surface area contributed by atoms with Crippen molar-refractivity contribution in [3.63, 3.8) is 0 Å². The van der Waals surface area contributed by atoms with Gasteiger partial charge in [-0.2, -0.15) is 0 Å². The summed E-state index contributed by atoms with van der Waals surface area (Å²) in [4.78, 5) is 2.72. The van der Waals surface area contributed by atoms with E-state index < -0.39 is 0 Å². The highest BCUT2D eigenvalue weighted by Gasteiger charge is 2.46. The molecule has 2 unspecified atom stereocenters. The summed E-state index contributed by atoms with van der Waals surface area (Å²) < 4.78 is 0. The molecule has 2 bridgehead atoms. The first kappa shape index (κ1) is 21.0. The van der Waals surface area contributed by atoms with Gasteiger partial charge in [-0.1, -0.05) is 89.9 Å². The van der Waals surface area contributed by atoms with Crippen molar-refractivity contribution in [1.82, 2.24) is 10.2 Å². The van der Waals surface area contributed by atoms with Gasteiger partial charge in [0.05, 0.1) is 10.0 Å². The van der Waals surface area contributed by atoms with Crippen LogP contribution < -0.4 is 5.32 Å². The van der Waals surface area contributed by atoms with Crippen LogP contribution in [0.15, 0.2) is 78.9 Å². The molecule has 1 N–H and O–H groups in total. The van der Waals surface area contributed by atoms with Crippen LogP contribution in [0.25, 0.3) is 0 Å². The minimum atomic E-state index is 0.344. The van der Waals surface area contributed by atoms with Crippen molar-refractivity contribution in [2.45, 2.75) is 37.4 Å². The molecule has 2 atom stereocenters. The Hall–Kier alpha value is -1.84. The van der Waals surface area contributed by atoms with Gasteiger partial charge in [0.25, 0.3) is 0 Å². The number of hydrogen-bond donors (Lipinski definition) is 1. The first-order valence-electron chi connectivity index (χ1n) is 11.2. The van der Waals surface area contributed by atoms with Gasteiger partial charge in [-0.25, -0.2) is 0 Å². The third-order valence-electron chi connectivity index (χ3n) is 7.06. The summed E-state index contributed by atoms with van der Waals surface area (Å²) in [5.74, 6) is 1.05. The summed E-state index contributed by atoms with van der Waals surface area (Å²) in [7, 11) is 0. The molecule has 3 heterocycles. The molecular formula is C27H28Cl2N2. The van der Waals surface area contributed by atoms with E-state index in [9.17, 15) is 0 Å². The van der Waals surface area contributed by atoms with E-state index in [1.54, 1.807) is 0 Å². The topological polar surface area (TPSA) is 15.3 Å². The SMILES string of the molecule is Clc1ccc(CNC2C3CCN(CC3)C2C(c2ccccc2)c2ccccc2)cc1Cl. The van der Waals surface area contributed by atoms with Crippen LogP contribution in [0.5, 0.6) is 0 Å². The second kappa shape index (κ2) is 9.34. The lowest BCUT2D eigenvalue weighted by atomic mass is 9.70. The van der Waals surface area contributed by atoms with Crippen LogP contribution >= 0.6 is 23.2 Å². The number of nitrogens with zero attached hydrogens (tertiary/aromatic N) is 1. The summed E-state index contributed by atoms with van der Waals surface area (Å²) in [6.45, 7) is 3.19. The van der Waals surface area contributed by atoms with E-state index >= 15 is 0 Å². The van der Waals surface area contributed by atoms with Gasteiger partial charge in [0.15, 0.2) is 0 Å². The van der Waals surface area contributed by atoms with Gasteiger partial charge in [0, 0.05) is 24.5 Å². The Labute approximate surface area is 195 Å². The molecule has 0 amide bonds. The first-order valence-corrected chi connectivity index (χ1v) is 12.0. The van der Waals surface area contributed by atoms with Gasteiger partial charge in [0.2, 0.25) is 0 Å². The predicted octanol–water partition coefficient (Wildman–Crippen LogP) is 6.38. The fourth-order valence-corrected chi connectivity index (χ4v) is 5.90. The number of benzene rings is 3. The van der Waals surface area contributed by atoms with Crippen LogP contribution in [-0.2, 0) is 6.54 Å². The highest BCUT2D eigenvalue weighted by molar-refractivity contribution is 6.42. The third-order valence-corrected chi connectivity index (χ3v) is 7.80. The van der Waals surface area contributed by atoms with Crippen LogP contribution in [0.3, 0.4) is 0 Å². The van der Waals surface area contributed by atoms with E-state index in [1.165, 1.54) is 42.6 Å². The van der Waals surface area contributed by atoms with Crippen molar-refractivity contribution < 1.29 is 0 Å².